The van der Waals surface area contributed by atoms with Crippen molar-refractivity contribution in [2.24, 2.45) is 11.3 Å². The number of allylic oxidation sites excluding steroid dienone is 4. The van der Waals surface area contributed by atoms with Crippen molar-refractivity contribution in [3.63, 3.8) is 0 Å². The van der Waals surface area contributed by atoms with Crippen LogP contribution in [-0.4, -0.2) is 34.9 Å². The van der Waals surface area contributed by atoms with Gasteiger partial charge in [-0.2, -0.15) is 0 Å². The SMILES string of the molecule is C=C(C)CC1(CC/C(C)=C/CC/C(C=O)=C\CC(O)C2=CC(=O)OC2O)CCC[C@H]1C. The zero-order valence-electron chi connectivity index (χ0n) is 19.2. The predicted molar refractivity (Wildman–Crippen MR) is 122 cm³/mol. The van der Waals surface area contributed by atoms with E-state index in [1.807, 2.05) is 0 Å². The number of aliphatic hydroxyl groups is 2. The Labute approximate surface area is 186 Å². The summed E-state index contributed by atoms with van der Waals surface area (Å²) >= 11 is 0. The first-order chi connectivity index (χ1) is 14.7. The summed E-state index contributed by atoms with van der Waals surface area (Å²) in [4.78, 5) is 22.5. The molecule has 5 heteroatoms. The van der Waals surface area contributed by atoms with Crippen LogP contribution in [0.4, 0.5) is 0 Å². The zero-order chi connectivity index (χ0) is 23.0. The van der Waals surface area contributed by atoms with Crippen LogP contribution in [-0.2, 0) is 14.3 Å². The molecule has 0 aromatic heterocycles. The third kappa shape index (κ3) is 7.29. The van der Waals surface area contributed by atoms with E-state index in [0.29, 0.717) is 17.4 Å². The van der Waals surface area contributed by atoms with Crippen molar-refractivity contribution in [1.82, 2.24) is 0 Å². The van der Waals surface area contributed by atoms with E-state index in [9.17, 15) is 19.8 Å². The van der Waals surface area contributed by atoms with E-state index in [-0.39, 0.29) is 12.0 Å². The summed E-state index contributed by atoms with van der Waals surface area (Å²) in [5.41, 5.74) is 3.74. The summed E-state index contributed by atoms with van der Waals surface area (Å²) < 4.78 is 4.58. The van der Waals surface area contributed by atoms with Gasteiger partial charge < -0.3 is 14.9 Å². The van der Waals surface area contributed by atoms with Gasteiger partial charge in [-0.05, 0) is 75.7 Å². The standard InChI is InChI=1S/C26H38O5/c1-18(2)16-26(13-6-8-20(26)4)14-12-19(3)7-5-9-21(17-27)10-11-23(28)22-15-24(29)31-25(22)30/h7,10,15,17,20,23,25,28,30H,1,5-6,8-9,11-14,16H2,2-4H3/b19-7+,21-10+/t20-,23?,25?,26?/m1/s1. The van der Waals surface area contributed by atoms with Gasteiger partial charge >= 0.3 is 5.97 Å². The summed E-state index contributed by atoms with van der Waals surface area (Å²) in [6.45, 7) is 10.8. The Hall–Kier alpha value is -1.98. The Kier molecular flexibility index (Phi) is 9.45. The number of ether oxygens (including phenoxy) is 1. The second kappa shape index (κ2) is 11.6. The monoisotopic (exact) mass is 430 g/mol. The van der Waals surface area contributed by atoms with Crippen molar-refractivity contribution >= 4 is 12.3 Å². The third-order valence-corrected chi connectivity index (χ3v) is 6.89. The molecule has 0 aromatic carbocycles. The lowest BCUT2D eigenvalue weighted by molar-refractivity contribution is -0.151. The Balaban J connectivity index is 1.84. The lowest BCUT2D eigenvalue weighted by atomic mass is 9.70. The largest absolute Gasteiger partial charge is 0.429 e. The number of hydrogen-bond donors (Lipinski definition) is 2. The van der Waals surface area contributed by atoms with Crippen LogP contribution in [0.5, 0.6) is 0 Å². The van der Waals surface area contributed by atoms with Gasteiger partial charge in [-0.1, -0.05) is 43.1 Å². The van der Waals surface area contributed by atoms with Gasteiger partial charge in [0.2, 0.25) is 6.29 Å². The highest BCUT2D eigenvalue weighted by Gasteiger charge is 2.39. The fraction of sp³-hybridized carbons (Fsp3) is 0.615. The van der Waals surface area contributed by atoms with Gasteiger partial charge in [0.05, 0.1) is 6.10 Å². The van der Waals surface area contributed by atoms with Gasteiger partial charge in [-0.15, -0.1) is 6.58 Å². The van der Waals surface area contributed by atoms with E-state index in [0.717, 1.165) is 37.5 Å². The first kappa shape index (κ1) is 25.3. The van der Waals surface area contributed by atoms with Crippen molar-refractivity contribution < 1.29 is 24.5 Å². The molecule has 2 N–H and O–H groups in total. The molecule has 0 spiro atoms. The van der Waals surface area contributed by atoms with E-state index in [1.54, 1.807) is 6.08 Å². The molecule has 3 unspecified atom stereocenters. The number of cyclic esters (lactones) is 1. The highest BCUT2D eigenvalue weighted by atomic mass is 16.6. The van der Waals surface area contributed by atoms with Crippen LogP contribution < -0.4 is 0 Å². The van der Waals surface area contributed by atoms with Crippen LogP contribution in [0, 0.1) is 11.3 Å². The van der Waals surface area contributed by atoms with E-state index in [2.05, 4.69) is 38.2 Å². The molecule has 1 saturated carbocycles. The minimum absolute atomic E-state index is 0.132. The summed E-state index contributed by atoms with van der Waals surface area (Å²) in [6, 6.07) is 0. The van der Waals surface area contributed by atoms with E-state index >= 15 is 0 Å². The van der Waals surface area contributed by atoms with Crippen molar-refractivity contribution in [2.45, 2.75) is 91.0 Å². The van der Waals surface area contributed by atoms with Gasteiger partial charge in [0.1, 0.15) is 6.29 Å². The van der Waals surface area contributed by atoms with Crippen LogP contribution in [0.1, 0.15) is 78.6 Å². The van der Waals surface area contributed by atoms with Crippen molar-refractivity contribution in [2.75, 3.05) is 0 Å². The van der Waals surface area contributed by atoms with E-state index in [1.165, 1.54) is 36.8 Å². The minimum Gasteiger partial charge on any atom is -0.429 e. The lowest BCUT2D eigenvalue weighted by Crippen LogP contribution is -2.24. The van der Waals surface area contributed by atoms with Gasteiger partial charge in [-0.25, -0.2) is 4.79 Å². The molecule has 0 radical (unpaired) electrons. The van der Waals surface area contributed by atoms with E-state index < -0.39 is 18.4 Å². The molecule has 31 heavy (non-hydrogen) atoms. The summed E-state index contributed by atoms with van der Waals surface area (Å²) in [6.07, 6.45) is 12.1. The maximum atomic E-state index is 11.4. The maximum absolute atomic E-state index is 11.4. The summed E-state index contributed by atoms with van der Waals surface area (Å²) in [7, 11) is 0. The zero-order valence-corrected chi connectivity index (χ0v) is 19.2. The topological polar surface area (TPSA) is 83.8 Å². The summed E-state index contributed by atoms with van der Waals surface area (Å²) in [5.74, 6) is 0.0704. The van der Waals surface area contributed by atoms with Crippen molar-refractivity contribution in [3.8, 4) is 0 Å². The van der Waals surface area contributed by atoms with Crippen molar-refractivity contribution in [3.05, 3.63) is 47.1 Å². The van der Waals surface area contributed by atoms with Crippen LogP contribution >= 0.6 is 0 Å². The quantitative estimate of drug-likeness (QED) is 0.198. The number of rotatable bonds is 12. The highest BCUT2D eigenvalue weighted by Crippen LogP contribution is 2.50. The number of carbonyl (C=O) groups excluding carboxylic acids is 2. The highest BCUT2D eigenvalue weighted by molar-refractivity contribution is 5.85. The molecule has 1 aliphatic heterocycles. The first-order valence-electron chi connectivity index (χ1n) is 11.4. The first-order valence-corrected chi connectivity index (χ1v) is 11.4. The smallest absolute Gasteiger partial charge is 0.333 e. The maximum Gasteiger partial charge on any atom is 0.333 e. The molecule has 4 atom stereocenters. The van der Waals surface area contributed by atoms with Crippen LogP contribution in [0.15, 0.2) is 47.1 Å². The lowest BCUT2D eigenvalue weighted by Gasteiger charge is -2.34. The van der Waals surface area contributed by atoms with Crippen LogP contribution in [0.2, 0.25) is 0 Å². The molecular weight excluding hydrogens is 392 g/mol. The number of aliphatic hydroxyl groups excluding tert-OH is 2. The molecule has 0 saturated heterocycles. The molecular formula is C26H38O5. The van der Waals surface area contributed by atoms with Crippen LogP contribution in [0.25, 0.3) is 0 Å². The van der Waals surface area contributed by atoms with Crippen LogP contribution in [0.3, 0.4) is 0 Å². The normalized spacial score (nSPS) is 27.8. The Morgan fingerprint density at radius 3 is 2.65 bits per heavy atom. The molecule has 0 bridgehead atoms. The Morgan fingerprint density at radius 1 is 1.35 bits per heavy atom. The molecule has 0 aromatic rings. The number of aldehydes is 1. The third-order valence-electron chi connectivity index (χ3n) is 6.89. The number of carbonyl (C=O) groups is 2. The average Bonchev–Trinajstić information content (AvgIpc) is 3.23. The second-order valence-electron chi connectivity index (χ2n) is 9.46. The van der Waals surface area contributed by atoms with Gasteiger partial charge in [0, 0.05) is 11.6 Å². The number of hydrogen-bond acceptors (Lipinski definition) is 5. The molecule has 1 heterocycles. The molecule has 5 nitrogen and oxygen atoms in total. The average molecular weight is 431 g/mol. The molecule has 2 rings (SSSR count). The van der Waals surface area contributed by atoms with E-state index in [4.69, 9.17) is 0 Å². The van der Waals surface area contributed by atoms with Gasteiger partial charge in [-0.3, -0.25) is 4.79 Å². The second-order valence-corrected chi connectivity index (χ2v) is 9.46. The Bertz CT molecular complexity index is 760. The van der Waals surface area contributed by atoms with Gasteiger partial charge in [0.15, 0.2) is 0 Å². The number of esters is 1. The van der Waals surface area contributed by atoms with Gasteiger partial charge in [0.25, 0.3) is 0 Å². The minimum atomic E-state index is -1.41. The van der Waals surface area contributed by atoms with Crippen molar-refractivity contribution in [1.29, 1.82) is 0 Å². The Morgan fingerprint density at radius 2 is 2.10 bits per heavy atom. The fourth-order valence-electron chi connectivity index (χ4n) is 4.96. The molecule has 0 amide bonds. The molecule has 1 aliphatic carbocycles. The predicted octanol–water partition coefficient (Wildman–Crippen LogP) is 4.94. The molecule has 1 fully saturated rings. The molecule has 172 valence electrons. The molecule has 2 aliphatic rings. The summed E-state index contributed by atoms with van der Waals surface area (Å²) in [5, 5.41) is 19.7. The fourth-order valence-corrected chi connectivity index (χ4v) is 4.96.